The van der Waals surface area contributed by atoms with E-state index in [1.807, 2.05) is 0 Å². The van der Waals surface area contributed by atoms with E-state index in [9.17, 15) is 18.4 Å². The molecule has 1 amide bonds. The summed E-state index contributed by atoms with van der Waals surface area (Å²) in [5, 5.41) is 9.23. The molecule has 0 fully saturated rings. The highest BCUT2D eigenvalue weighted by molar-refractivity contribution is 7.18. The first-order valence-electron chi connectivity index (χ1n) is 7.76. The molecule has 0 saturated heterocycles. The van der Waals surface area contributed by atoms with Crippen molar-refractivity contribution in [2.24, 2.45) is 0 Å². The SMILES string of the molecule is O=C(O)CCC(=O)N(Cc1nc2ccc(F)c(F)c2s1)c1ccccc1. The zero-order chi connectivity index (χ0) is 18.7. The first-order chi connectivity index (χ1) is 12.5. The first kappa shape index (κ1) is 17.9. The topological polar surface area (TPSA) is 70.5 Å². The van der Waals surface area contributed by atoms with Crippen molar-refractivity contribution < 1.29 is 23.5 Å². The fourth-order valence-electron chi connectivity index (χ4n) is 2.47. The Bertz CT molecular complexity index is 960. The third-order valence-corrected chi connectivity index (χ3v) is 4.76. The Morgan fingerprint density at radius 3 is 2.50 bits per heavy atom. The van der Waals surface area contributed by atoms with Crippen molar-refractivity contribution >= 4 is 39.1 Å². The third kappa shape index (κ3) is 3.85. The lowest BCUT2D eigenvalue weighted by Gasteiger charge is -2.21. The van der Waals surface area contributed by atoms with Crippen molar-refractivity contribution in [2.75, 3.05) is 4.90 Å². The molecule has 1 heterocycles. The molecule has 134 valence electrons. The smallest absolute Gasteiger partial charge is 0.303 e. The Kier molecular flexibility index (Phi) is 5.22. The molecule has 5 nitrogen and oxygen atoms in total. The second-order valence-electron chi connectivity index (χ2n) is 5.53. The van der Waals surface area contributed by atoms with E-state index in [-0.39, 0.29) is 30.0 Å². The lowest BCUT2D eigenvalue weighted by Crippen LogP contribution is -2.30. The van der Waals surface area contributed by atoms with Crippen LogP contribution in [0.1, 0.15) is 17.8 Å². The van der Waals surface area contributed by atoms with Crippen molar-refractivity contribution in [1.82, 2.24) is 4.98 Å². The predicted octanol–water partition coefficient (Wildman–Crippen LogP) is 3.97. The molecular formula is C18H14F2N2O3S. The molecule has 1 N–H and O–H groups in total. The fraction of sp³-hybridized carbons (Fsp3) is 0.167. The number of anilines is 1. The van der Waals surface area contributed by atoms with Gasteiger partial charge >= 0.3 is 5.97 Å². The maximum atomic E-state index is 13.9. The zero-order valence-corrected chi connectivity index (χ0v) is 14.3. The van der Waals surface area contributed by atoms with Crippen LogP contribution < -0.4 is 4.90 Å². The number of hydrogen-bond donors (Lipinski definition) is 1. The number of benzene rings is 2. The van der Waals surface area contributed by atoms with E-state index in [0.29, 0.717) is 16.2 Å². The highest BCUT2D eigenvalue weighted by Crippen LogP contribution is 2.28. The minimum atomic E-state index is -1.07. The Morgan fingerprint density at radius 1 is 1.08 bits per heavy atom. The Hall–Kier alpha value is -2.87. The summed E-state index contributed by atoms with van der Waals surface area (Å²) in [5.74, 6) is -3.37. The van der Waals surface area contributed by atoms with Gasteiger partial charge in [-0.3, -0.25) is 9.59 Å². The van der Waals surface area contributed by atoms with Gasteiger partial charge in [0.05, 0.1) is 23.2 Å². The summed E-state index contributed by atoms with van der Waals surface area (Å²) < 4.78 is 27.4. The van der Waals surface area contributed by atoms with Gasteiger partial charge in [0.1, 0.15) is 5.01 Å². The molecule has 0 radical (unpaired) electrons. The molecule has 3 rings (SSSR count). The highest BCUT2D eigenvalue weighted by Gasteiger charge is 2.20. The van der Waals surface area contributed by atoms with E-state index in [0.717, 1.165) is 17.4 Å². The summed E-state index contributed by atoms with van der Waals surface area (Å²) >= 11 is 0.967. The van der Waals surface area contributed by atoms with Crippen LogP contribution in [0.5, 0.6) is 0 Å². The maximum absolute atomic E-state index is 13.9. The Labute approximate surface area is 151 Å². The number of nitrogens with zero attached hydrogens (tertiary/aromatic N) is 2. The number of hydrogen-bond acceptors (Lipinski definition) is 4. The number of aliphatic carboxylic acids is 1. The van der Waals surface area contributed by atoms with Crippen LogP contribution >= 0.6 is 11.3 Å². The maximum Gasteiger partial charge on any atom is 0.303 e. The molecule has 3 aromatic rings. The first-order valence-corrected chi connectivity index (χ1v) is 8.58. The van der Waals surface area contributed by atoms with Gasteiger partial charge in [0.15, 0.2) is 11.6 Å². The molecule has 1 aromatic heterocycles. The van der Waals surface area contributed by atoms with Crippen molar-refractivity contribution in [1.29, 1.82) is 0 Å². The quantitative estimate of drug-likeness (QED) is 0.707. The lowest BCUT2D eigenvalue weighted by molar-refractivity contribution is -0.138. The number of rotatable bonds is 6. The number of para-hydroxylation sites is 1. The average molecular weight is 376 g/mol. The van der Waals surface area contributed by atoms with E-state index >= 15 is 0 Å². The largest absolute Gasteiger partial charge is 0.481 e. The van der Waals surface area contributed by atoms with Crippen LogP contribution in [0.4, 0.5) is 14.5 Å². The summed E-state index contributed by atoms with van der Waals surface area (Å²) in [6.07, 6.45) is -0.458. The van der Waals surface area contributed by atoms with Crippen LogP contribution in [0.25, 0.3) is 10.2 Å². The number of carbonyl (C=O) groups is 2. The molecule has 0 saturated carbocycles. The Balaban J connectivity index is 1.91. The summed E-state index contributed by atoms with van der Waals surface area (Å²) in [6, 6.07) is 11.1. The number of aromatic nitrogens is 1. The summed E-state index contributed by atoms with van der Waals surface area (Å²) in [6.45, 7) is 0.0445. The molecule has 0 aliphatic heterocycles. The van der Waals surface area contributed by atoms with Gasteiger partial charge in [-0.1, -0.05) is 18.2 Å². The summed E-state index contributed by atoms with van der Waals surface area (Å²) in [5.41, 5.74) is 0.892. The van der Waals surface area contributed by atoms with Crippen LogP contribution in [-0.2, 0) is 16.1 Å². The van der Waals surface area contributed by atoms with E-state index in [4.69, 9.17) is 5.11 Å². The van der Waals surface area contributed by atoms with Crippen molar-refractivity contribution in [3.8, 4) is 0 Å². The van der Waals surface area contributed by atoms with Gasteiger partial charge in [0.25, 0.3) is 0 Å². The summed E-state index contributed by atoms with van der Waals surface area (Å²) in [4.78, 5) is 28.9. The van der Waals surface area contributed by atoms with Gasteiger partial charge in [-0.05, 0) is 24.3 Å². The molecule has 0 aliphatic rings. The van der Waals surface area contributed by atoms with Crippen LogP contribution in [0.3, 0.4) is 0 Å². The number of carboxylic acid groups (broad SMARTS) is 1. The minimum Gasteiger partial charge on any atom is -0.481 e. The molecule has 8 heteroatoms. The normalized spacial score (nSPS) is 10.8. The predicted molar refractivity (Wildman–Crippen MR) is 94.0 cm³/mol. The molecule has 0 aliphatic carbocycles. The fourth-order valence-corrected chi connectivity index (χ4v) is 3.44. The number of amides is 1. The van der Waals surface area contributed by atoms with Gasteiger partial charge in [-0.25, -0.2) is 13.8 Å². The van der Waals surface area contributed by atoms with E-state index in [1.165, 1.54) is 11.0 Å². The monoisotopic (exact) mass is 376 g/mol. The van der Waals surface area contributed by atoms with Crippen LogP contribution in [0, 0.1) is 11.6 Å². The molecule has 0 spiro atoms. The molecule has 0 unspecified atom stereocenters. The second-order valence-corrected chi connectivity index (χ2v) is 6.61. The lowest BCUT2D eigenvalue weighted by atomic mass is 10.2. The number of halogens is 2. The third-order valence-electron chi connectivity index (χ3n) is 3.71. The van der Waals surface area contributed by atoms with Crippen LogP contribution in [0.2, 0.25) is 0 Å². The van der Waals surface area contributed by atoms with E-state index in [2.05, 4.69) is 4.98 Å². The summed E-state index contributed by atoms with van der Waals surface area (Å²) in [7, 11) is 0. The molecular weight excluding hydrogens is 362 g/mol. The highest BCUT2D eigenvalue weighted by atomic mass is 32.1. The van der Waals surface area contributed by atoms with Crippen molar-refractivity contribution in [3.63, 3.8) is 0 Å². The zero-order valence-electron chi connectivity index (χ0n) is 13.5. The van der Waals surface area contributed by atoms with E-state index in [1.54, 1.807) is 30.3 Å². The number of carboxylic acids is 1. The Morgan fingerprint density at radius 2 is 1.81 bits per heavy atom. The van der Waals surface area contributed by atoms with Gasteiger partial charge in [0, 0.05) is 12.1 Å². The standard InChI is InChI=1S/C18H14F2N2O3S/c19-12-6-7-13-18(17(12)20)26-14(21-13)10-22(11-4-2-1-3-5-11)15(23)8-9-16(24)25/h1-7H,8-10H2,(H,24,25). The molecule has 0 atom stereocenters. The van der Waals surface area contributed by atoms with Crippen LogP contribution in [0.15, 0.2) is 42.5 Å². The average Bonchev–Trinajstić information content (AvgIpc) is 3.05. The second kappa shape index (κ2) is 7.57. The van der Waals surface area contributed by atoms with Crippen molar-refractivity contribution in [3.05, 3.63) is 59.1 Å². The van der Waals surface area contributed by atoms with Gasteiger partial charge in [0.2, 0.25) is 5.91 Å². The van der Waals surface area contributed by atoms with Gasteiger partial charge in [-0.15, -0.1) is 11.3 Å². The van der Waals surface area contributed by atoms with E-state index < -0.39 is 17.6 Å². The van der Waals surface area contributed by atoms with Crippen molar-refractivity contribution in [2.45, 2.75) is 19.4 Å². The van der Waals surface area contributed by atoms with Crippen LogP contribution in [-0.4, -0.2) is 22.0 Å². The number of thiazole rings is 1. The molecule has 26 heavy (non-hydrogen) atoms. The number of fused-ring (bicyclic) bond motifs is 1. The van der Waals surface area contributed by atoms with Gasteiger partial charge in [-0.2, -0.15) is 0 Å². The molecule has 0 bridgehead atoms. The molecule has 2 aromatic carbocycles. The number of carbonyl (C=O) groups excluding carboxylic acids is 1. The minimum absolute atomic E-state index is 0.0445. The van der Waals surface area contributed by atoms with Gasteiger partial charge < -0.3 is 10.0 Å².